The summed E-state index contributed by atoms with van der Waals surface area (Å²) < 4.78 is 10.4. The van der Waals surface area contributed by atoms with Crippen molar-refractivity contribution in [3.05, 3.63) is 72.3 Å². The first-order valence-corrected chi connectivity index (χ1v) is 16.8. The molecule has 0 aliphatic heterocycles. The summed E-state index contributed by atoms with van der Waals surface area (Å²) in [5.74, 6) is -1.33. The van der Waals surface area contributed by atoms with Gasteiger partial charge in [-0.15, -0.1) is 0 Å². The van der Waals surface area contributed by atoms with Crippen LogP contribution in [0.5, 0.6) is 0 Å². The maximum atomic E-state index is 12.8. The number of hydrogen-bond donors (Lipinski definition) is 4. The summed E-state index contributed by atoms with van der Waals surface area (Å²) in [5, 5.41) is 17.5. The maximum Gasteiger partial charge on any atom is 0.408 e. The van der Waals surface area contributed by atoms with Gasteiger partial charge in [0.25, 0.3) is 0 Å². The number of unbranched alkanes of at least 4 members (excludes halogenated alkanes) is 1. The molecule has 0 radical (unpaired) electrons. The van der Waals surface area contributed by atoms with Crippen molar-refractivity contribution < 1.29 is 33.8 Å². The molecule has 0 saturated heterocycles. The largest absolute Gasteiger partial charge is 0.480 e. The molecular weight excluding hydrogens is 603 g/mol. The van der Waals surface area contributed by atoms with Crippen LogP contribution in [0.15, 0.2) is 61.2 Å². The highest BCUT2D eigenvalue weighted by Gasteiger charge is 2.30. The molecule has 0 fully saturated rings. The van der Waals surface area contributed by atoms with Gasteiger partial charge in [-0.2, -0.15) is 0 Å². The zero-order valence-corrected chi connectivity index (χ0v) is 26.9. The second-order valence-corrected chi connectivity index (χ2v) is 14.4. The molecule has 1 aliphatic rings. The first-order chi connectivity index (χ1) is 21.0. The number of aliphatic carboxylic acids is 1. The average molecular weight is 644 g/mol. The Balaban J connectivity index is 1.44. The number of rotatable bonds is 16. The molecule has 0 aromatic heterocycles. The molecule has 0 unspecified atom stereocenters. The number of fused-ring (bicyclic) bond motifs is 3. The highest BCUT2D eigenvalue weighted by Crippen LogP contribution is 2.44. The molecule has 0 saturated carbocycles. The highest BCUT2D eigenvalue weighted by atomic mass is 33.1. The van der Waals surface area contributed by atoms with E-state index in [0.717, 1.165) is 22.3 Å². The molecule has 3 rings (SSSR count). The van der Waals surface area contributed by atoms with Gasteiger partial charge in [-0.1, -0.05) is 104 Å². The van der Waals surface area contributed by atoms with E-state index < -0.39 is 30.2 Å². The second kappa shape index (κ2) is 17.0. The Morgan fingerprint density at radius 3 is 2.11 bits per heavy atom. The van der Waals surface area contributed by atoms with Gasteiger partial charge in [-0.3, -0.25) is 4.79 Å². The van der Waals surface area contributed by atoms with E-state index in [2.05, 4.69) is 43.3 Å². The lowest BCUT2D eigenvalue weighted by Gasteiger charge is -2.21. The third-order valence-electron chi connectivity index (χ3n) is 6.64. The number of benzene rings is 2. The minimum atomic E-state index is -1.17. The van der Waals surface area contributed by atoms with Crippen molar-refractivity contribution in [3.8, 4) is 11.1 Å². The van der Waals surface area contributed by atoms with Gasteiger partial charge in [0.2, 0.25) is 5.91 Å². The van der Waals surface area contributed by atoms with Gasteiger partial charge in [-0.05, 0) is 41.5 Å². The fraction of sp³-hybridized carbons (Fsp3) is 0.438. The number of alkyl carbamates (subject to hydrolysis) is 2. The molecule has 10 nitrogen and oxygen atoms in total. The van der Waals surface area contributed by atoms with Gasteiger partial charge in [-0.25, -0.2) is 14.4 Å². The molecule has 2 aromatic carbocycles. The van der Waals surface area contributed by atoms with Crippen LogP contribution in [0.2, 0.25) is 0 Å². The summed E-state index contributed by atoms with van der Waals surface area (Å²) >= 11 is 0. The molecule has 0 bridgehead atoms. The van der Waals surface area contributed by atoms with Gasteiger partial charge in [0, 0.05) is 23.0 Å². The van der Waals surface area contributed by atoms with Gasteiger partial charge >= 0.3 is 18.2 Å². The Bertz CT molecular complexity index is 1270. The Morgan fingerprint density at radius 2 is 1.52 bits per heavy atom. The zero-order valence-electron chi connectivity index (χ0n) is 25.3. The lowest BCUT2D eigenvalue weighted by molar-refractivity contribution is -0.139. The fourth-order valence-corrected chi connectivity index (χ4v) is 7.09. The summed E-state index contributed by atoms with van der Waals surface area (Å²) in [7, 11) is 3.07. The van der Waals surface area contributed by atoms with Crippen molar-refractivity contribution in [1.29, 1.82) is 0 Å². The third-order valence-corrected chi connectivity index (χ3v) is 9.99. The molecule has 238 valence electrons. The second-order valence-electron chi connectivity index (χ2n) is 11.2. The number of carboxylic acid groups (broad SMARTS) is 1. The van der Waals surface area contributed by atoms with Crippen LogP contribution in [0.1, 0.15) is 57.1 Å². The number of amides is 3. The molecule has 4 N–H and O–H groups in total. The maximum absolute atomic E-state index is 12.8. The van der Waals surface area contributed by atoms with Gasteiger partial charge in [0.15, 0.2) is 0 Å². The SMILES string of the molecule is C=CCOC(=O)N[C@@H](CSSC(C)(C)C)C(=O)NCCCC[C@H](NC(=O)OCC1c2ccccc2-c2ccccc21)C(=O)O. The normalized spacial score (nSPS) is 13.5. The number of ether oxygens (including phenoxy) is 2. The summed E-state index contributed by atoms with van der Waals surface area (Å²) in [4.78, 5) is 49.3. The van der Waals surface area contributed by atoms with Crippen LogP contribution >= 0.6 is 21.6 Å². The van der Waals surface area contributed by atoms with Gasteiger partial charge in [0.05, 0.1) is 0 Å². The molecule has 0 spiro atoms. The van der Waals surface area contributed by atoms with Crippen molar-refractivity contribution in [3.63, 3.8) is 0 Å². The van der Waals surface area contributed by atoms with Crippen LogP contribution in [0, 0.1) is 0 Å². The van der Waals surface area contributed by atoms with Crippen molar-refractivity contribution in [1.82, 2.24) is 16.0 Å². The standard InChI is InChI=1S/C32H41N3O7S2/c1-5-18-41-30(39)35-27(20-43-44-32(2,3)4)28(36)33-17-11-10-16-26(29(37)38)34-31(40)42-19-25-23-14-8-6-12-21(23)22-13-7-9-15-24(22)25/h5-9,12-15,25-27H,1,10-11,16-20H2,2-4H3,(H,33,36)(H,34,40)(H,35,39)(H,37,38)/t26-,27-/m0/s1. The molecule has 3 amide bonds. The van der Waals surface area contributed by atoms with Crippen LogP contribution in [-0.4, -0.2) is 71.5 Å². The minimum Gasteiger partial charge on any atom is -0.480 e. The van der Waals surface area contributed by atoms with Crippen LogP contribution in [0.4, 0.5) is 9.59 Å². The first kappa shape index (κ1) is 34.8. The number of carboxylic acids is 1. The van der Waals surface area contributed by atoms with E-state index in [0.29, 0.717) is 18.6 Å². The van der Waals surface area contributed by atoms with E-state index in [1.165, 1.54) is 16.9 Å². The molecular formula is C32H41N3O7S2. The van der Waals surface area contributed by atoms with Crippen LogP contribution in [0.3, 0.4) is 0 Å². The fourth-order valence-electron chi connectivity index (χ4n) is 4.63. The Kier molecular flexibility index (Phi) is 13.5. The smallest absolute Gasteiger partial charge is 0.408 e. The highest BCUT2D eigenvalue weighted by molar-refractivity contribution is 8.77. The minimum absolute atomic E-state index is 0.0243. The summed E-state index contributed by atoms with van der Waals surface area (Å²) in [6.07, 6.45) is 0.980. The summed E-state index contributed by atoms with van der Waals surface area (Å²) in [6.45, 7) is 10.0. The van der Waals surface area contributed by atoms with E-state index in [9.17, 15) is 24.3 Å². The van der Waals surface area contributed by atoms with Crippen molar-refractivity contribution in [2.45, 2.75) is 62.8 Å². The van der Waals surface area contributed by atoms with E-state index in [1.54, 1.807) is 10.8 Å². The Hall–Kier alpha value is -3.64. The van der Waals surface area contributed by atoms with Crippen LogP contribution < -0.4 is 16.0 Å². The van der Waals surface area contributed by atoms with Crippen LogP contribution in [0.25, 0.3) is 11.1 Å². The topological polar surface area (TPSA) is 143 Å². The van der Waals surface area contributed by atoms with E-state index >= 15 is 0 Å². The van der Waals surface area contributed by atoms with Crippen molar-refractivity contribution >= 4 is 45.7 Å². The number of nitrogens with one attached hydrogen (secondary N) is 3. The summed E-state index contributed by atoms with van der Waals surface area (Å²) in [5.41, 5.74) is 4.33. The molecule has 0 heterocycles. The third kappa shape index (κ3) is 10.8. The number of hydrogen-bond acceptors (Lipinski definition) is 8. The average Bonchev–Trinajstić information content (AvgIpc) is 3.30. The predicted molar refractivity (Wildman–Crippen MR) is 175 cm³/mol. The van der Waals surface area contributed by atoms with Crippen molar-refractivity contribution in [2.75, 3.05) is 25.5 Å². The number of carbonyl (C=O) groups excluding carboxylic acids is 3. The van der Waals surface area contributed by atoms with Gasteiger partial charge < -0.3 is 30.5 Å². The Labute approximate surface area is 266 Å². The molecule has 12 heteroatoms. The molecule has 2 aromatic rings. The molecule has 1 aliphatic carbocycles. The molecule has 44 heavy (non-hydrogen) atoms. The zero-order chi connectivity index (χ0) is 32.1. The van der Waals surface area contributed by atoms with Gasteiger partial charge in [0.1, 0.15) is 25.3 Å². The van der Waals surface area contributed by atoms with E-state index in [1.807, 2.05) is 48.5 Å². The lowest BCUT2D eigenvalue weighted by Crippen LogP contribution is -2.48. The monoisotopic (exact) mass is 643 g/mol. The van der Waals surface area contributed by atoms with E-state index in [4.69, 9.17) is 9.47 Å². The van der Waals surface area contributed by atoms with E-state index in [-0.39, 0.29) is 42.8 Å². The predicted octanol–water partition coefficient (Wildman–Crippen LogP) is 5.73. The quantitative estimate of drug-likeness (QED) is 0.103. The lowest BCUT2D eigenvalue weighted by atomic mass is 9.98. The first-order valence-electron chi connectivity index (χ1n) is 14.5. The van der Waals surface area contributed by atoms with Crippen LogP contribution in [-0.2, 0) is 19.1 Å². The van der Waals surface area contributed by atoms with Crippen molar-refractivity contribution in [2.24, 2.45) is 0 Å². The Morgan fingerprint density at radius 1 is 0.932 bits per heavy atom. The summed E-state index contributed by atoms with van der Waals surface area (Å²) in [6, 6.07) is 14.0. The number of carbonyl (C=O) groups is 4. The molecule has 2 atom stereocenters.